The summed E-state index contributed by atoms with van der Waals surface area (Å²) in [5.41, 5.74) is 2.46. The molecule has 0 atom stereocenters. The number of halogens is 2. The Morgan fingerprint density at radius 2 is 1.48 bits per heavy atom. The molecule has 0 aliphatic heterocycles. The van der Waals surface area contributed by atoms with Crippen LogP contribution in [-0.4, -0.2) is 0 Å². The zero-order valence-corrected chi connectivity index (χ0v) is 15.9. The monoisotopic (exact) mass is 364 g/mol. The van der Waals surface area contributed by atoms with Crippen LogP contribution in [0, 0.1) is 11.6 Å². The lowest BCUT2D eigenvalue weighted by Crippen LogP contribution is -2.20. The van der Waals surface area contributed by atoms with Crippen LogP contribution in [0.5, 0.6) is 0 Å². The number of hydrogen-bond donors (Lipinski definition) is 0. The lowest BCUT2D eigenvalue weighted by atomic mass is 9.77. The highest BCUT2D eigenvalue weighted by Gasteiger charge is 2.29. The fraction of sp³-hybridized carbons (Fsp3) is 0.250. The Morgan fingerprint density at radius 1 is 0.815 bits per heavy atom. The second kappa shape index (κ2) is 6.19. The lowest BCUT2D eigenvalue weighted by Gasteiger charge is -2.27. The minimum atomic E-state index is -0.550. The topological polar surface area (TPSA) is 13.1 Å². The van der Waals surface area contributed by atoms with Crippen LogP contribution in [0.15, 0.2) is 59.0 Å². The third-order valence-electron chi connectivity index (χ3n) is 5.53. The summed E-state index contributed by atoms with van der Waals surface area (Å²) >= 11 is 0. The maximum absolute atomic E-state index is 15.4. The Kier molecular flexibility index (Phi) is 4.06. The van der Waals surface area contributed by atoms with Crippen LogP contribution in [-0.2, 0) is 5.41 Å². The molecule has 1 aromatic heterocycles. The van der Waals surface area contributed by atoms with Gasteiger partial charge in [0.05, 0.1) is 0 Å². The van der Waals surface area contributed by atoms with Crippen LogP contribution in [0.3, 0.4) is 0 Å². The van der Waals surface area contributed by atoms with E-state index in [1.165, 1.54) is 11.6 Å². The van der Waals surface area contributed by atoms with E-state index in [1.54, 1.807) is 18.2 Å². The zero-order chi connectivity index (χ0) is 19.3. The molecule has 0 saturated heterocycles. The van der Waals surface area contributed by atoms with E-state index in [1.807, 2.05) is 19.9 Å². The number of rotatable bonds is 3. The number of fused-ring (bicyclic) bond motifs is 3. The number of hydrogen-bond acceptors (Lipinski definition) is 1. The molecule has 27 heavy (non-hydrogen) atoms. The van der Waals surface area contributed by atoms with Gasteiger partial charge in [0.2, 0.25) is 0 Å². The second-order valence-corrected chi connectivity index (χ2v) is 7.92. The van der Waals surface area contributed by atoms with Crippen LogP contribution in [0.4, 0.5) is 8.78 Å². The third-order valence-corrected chi connectivity index (χ3v) is 5.53. The predicted octanol–water partition coefficient (Wildman–Crippen LogP) is 7.31. The molecule has 3 aromatic carbocycles. The molecule has 3 heteroatoms. The standard InChI is InChI=1S/C24H22F2O/c1-14(2)15-8-10-16(11-9-15)24(3,4)19-13-12-18-17-6-5-7-20(25)22(17)27-23(18)21(19)26/h5-14H,1-4H3. The van der Waals surface area contributed by atoms with Gasteiger partial charge < -0.3 is 4.42 Å². The first-order chi connectivity index (χ1) is 12.8. The summed E-state index contributed by atoms with van der Waals surface area (Å²) in [5, 5.41) is 1.19. The molecule has 138 valence electrons. The minimum Gasteiger partial charge on any atom is -0.450 e. The molecule has 0 unspecified atom stereocenters. The van der Waals surface area contributed by atoms with E-state index in [4.69, 9.17) is 4.42 Å². The summed E-state index contributed by atoms with van der Waals surface area (Å²) in [4.78, 5) is 0. The van der Waals surface area contributed by atoms with Gasteiger partial charge in [0.25, 0.3) is 0 Å². The van der Waals surface area contributed by atoms with Crippen molar-refractivity contribution in [3.05, 3.63) is 82.9 Å². The summed E-state index contributed by atoms with van der Waals surface area (Å²) in [6, 6.07) is 16.6. The Balaban J connectivity index is 1.88. The van der Waals surface area contributed by atoms with E-state index in [0.717, 1.165) is 5.56 Å². The molecule has 4 rings (SSSR count). The van der Waals surface area contributed by atoms with Crippen molar-refractivity contribution < 1.29 is 13.2 Å². The first-order valence-electron chi connectivity index (χ1n) is 9.21. The molecule has 0 spiro atoms. The molecule has 1 heterocycles. The van der Waals surface area contributed by atoms with Crippen molar-refractivity contribution in [1.82, 2.24) is 0 Å². The molecule has 0 aliphatic carbocycles. The van der Waals surface area contributed by atoms with E-state index in [9.17, 15) is 4.39 Å². The van der Waals surface area contributed by atoms with Crippen molar-refractivity contribution in [2.24, 2.45) is 0 Å². The van der Waals surface area contributed by atoms with Gasteiger partial charge in [-0.05, 0) is 29.2 Å². The molecule has 0 aliphatic rings. The van der Waals surface area contributed by atoms with Crippen molar-refractivity contribution >= 4 is 21.9 Å². The third kappa shape index (κ3) is 2.73. The Labute approximate surface area is 157 Å². The van der Waals surface area contributed by atoms with Gasteiger partial charge in [0, 0.05) is 21.8 Å². The van der Waals surface area contributed by atoms with Crippen molar-refractivity contribution in [1.29, 1.82) is 0 Å². The predicted molar refractivity (Wildman–Crippen MR) is 106 cm³/mol. The average Bonchev–Trinajstić information content (AvgIpc) is 3.03. The Morgan fingerprint density at radius 3 is 2.15 bits per heavy atom. The van der Waals surface area contributed by atoms with Gasteiger partial charge in [-0.1, -0.05) is 70.2 Å². The fourth-order valence-electron chi connectivity index (χ4n) is 3.72. The highest BCUT2D eigenvalue weighted by atomic mass is 19.1. The number of furan rings is 1. The quantitative estimate of drug-likeness (QED) is 0.371. The van der Waals surface area contributed by atoms with Gasteiger partial charge in [0.1, 0.15) is 0 Å². The van der Waals surface area contributed by atoms with Crippen molar-refractivity contribution in [2.75, 3.05) is 0 Å². The first-order valence-corrected chi connectivity index (χ1v) is 9.21. The Bertz CT molecular complexity index is 1130. The number of para-hydroxylation sites is 1. The molecule has 0 bridgehead atoms. The molecule has 0 radical (unpaired) electrons. The molecule has 0 fully saturated rings. The summed E-state index contributed by atoms with van der Waals surface area (Å²) in [7, 11) is 0. The first kappa shape index (κ1) is 17.7. The second-order valence-electron chi connectivity index (χ2n) is 7.92. The largest absolute Gasteiger partial charge is 0.450 e. The molecule has 1 nitrogen and oxygen atoms in total. The van der Waals surface area contributed by atoms with E-state index in [0.29, 0.717) is 22.3 Å². The fourth-order valence-corrected chi connectivity index (χ4v) is 3.72. The van der Waals surface area contributed by atoms with Crippen molar-refractivity contribution in [3.63, 3.8) is 0 Å². The maximum atomic E-state index is 15.4. The molecular weight excluding hydrogens is 342 g/mol. The molecular formula is C24H22F2O. The van der Waals surface area contributed by atoms with Gasteiger partial charge in [-0.15, -0.1) is 0 Å². The van der Waals surface area contributed by atoms with Crippen LogP contribution in [0.2, 0.25) is 0 Å². The molecule has 0 saturated carbocycles. The van der Waals surface area contributed by atoms with Gasteiger partial charge in [-0.3, -0.25) is 0 Å². The van der Waals surface area contributed by atoms with Crippen LogP contribution >= 0.6 is 0 Å². The van der Waals surface area contributed by atoms with Crippen molar-refractivity contribution in [3.8, 4) is 0 Å². The van der Waals surface area contributed by atoms with Gasteiger partial charge in [-0.25, -0.2) is 8.78 Å². The SMILES string of the molecule is CC(C)c1ccc(C(C)(C)c2ccc3c(oc4c(F)cccc43)c2F)cc1. The summed E-state index contributed by atoms with van der Waals surface area (Å²) < 4.78 is 35.0. The van der Waals surface area contributed by atoms with Crippen LogP contribution in [0.25, 0.3) is 21.9 Å². The average molecular weight is 364 g/mol. The van der Waals surface area contributed by atoms with Gasteiger partial charge in [0.15, 0.2) is 22.8 Å². The van der Waals surface area contributed by atoms with E-state index < -0.39 is 17.0 Å². The highest BCUT2D eigenvalue weighted by Crippen LogP contribution is 2.39. The van der Waals surface area contributed by atoms with E-state index >= 15 is 4.39 Å². The normalized spacial score (nSPS) is 12.4. The zero-order valence-electron chi connectivity index (χ0n) is 15.9. The molecule has 4 aromatic rings. The maximum Gasteiger partial charge on any atom is 0.171 e. The van der Waals surface area contributed by atoms with E-state index in [-0.39, 0.29) is 11.2 Å². The lowest BCUT2D eigenvalue weighted by molar-refractivity contribution is 0.525. The highest BCUT2D eigenvalue weighted by molar-refractivity contribution is 6.05. The van der Waals surface area contributed by atoms with Gasteiger partial charge >= 0.3 is 0 Å². The van der Waals surface area contributed by atoms with Crippen molar-refractivity contribution in [2.45, 2.75) is 39.0 Å². The summed E-state index contributed by atoms with van der Waals surface area (Å²) in [6.07, 6.45) is 0. The molecule has 0 amide bonds. The summed E-state index contributed by atoms with van der Waals surface area (Å²) in [6.45, 7) is 8.28. The smallest absolute Gasteiger partial charge is 0.171 e. The van der Waals surface area contributed by atoms with Crippen LogP contribution < -0.4 is 0 Å². The minimum absolute atomic E-state index is 0.0997. The summed E-state index contributed by atoms with van der Waals surface area (Å²) in [5.74, 6) is -0.463. The van der Waals surface area contributed by atoms with E-state index in [2.05, 4.69) is 38.1 Å². The van der Waals surface area contributed by atoms with Crippen LogP contribution in [0.1, 0.15) is 50.3 Å². The molecule has 0 N–H and O–H groups in total. The number of benzene rings is 3. The van der Waals surface area contributed by atoms with Gasteiger partial charge in [-0.2, -0.15) is 0 Å². The Hall–Kier alpha value is -2.68.